The Morgan fingerprint density at radius 2 is 1.90 bits per heavy atom. The number of pyridine rings is 1. The first-order valence-electron chi connectivity index (χ1n) is 9.42. The molecular weight excluding hydrogens is 366 g/mol. The second-order valence-corrected chi connectivity index (χ2v) is 7.35. The molecule has 0 spiro atoms. The fourth-order valence-electron chi connectivity index (χ4n) is 4.00. The maximum atomic E-state index is 13.0. The van der Waals surface area contributed by atoms with Gasteiger partial charge in [-0.15, -0.1) is 0 Å². The fraction of sp³-hybridized carbons (Fsp3) is 0.130. The molecule has 0 aliphatic carbocycles. The van der Waals surface area contributed by atoms with Gasteiger partial charge in [0.1, 0.15) is 5.75 Å². The lowest BCUT2D eigenvalue weighted by atomic mass is 9.99. The SMILES string of the molecule is C=CC(=O)N1CC(n2cc3ccc(-c4cc(O)cc5ccccc45)cn3c2=O)C1. The molecule has 1 aliphatic heterocycles. The Labute approximate surface area is 166 Å². The van der Waals surface area contributed by atoms with Crippen molar-refractivity contribution < 1.29 is 9.90 Å². The lowest BCUT2D eigenvalue weighted by molar-refractivity contribution is -0.131. The zero-order valence-electron chi connectivity index (χ0n) is 15.7. The minimum Gasteiger partial charge on any atom is -0.508 e. The molecule has 0 radical (unpaired) electrons. The summed E-state index contributed by atoms with van der Waals surface area (Å²) in [5.74, 6) is 0.0706. The molecule has 0 saturated carbocycles. The summed E-state index contributed by atoms with van der Waals surface area (Å²) in [7, 11) is 0. The van der Waals surface area contributed by atoms with Gasteiger partial charge in [0.05, 0.1) is 11.6 Å². The Morgan fingerprint density at radius 1 is 1.10 bits per heavy atom. The summed E-state index contributed by atoms with van der Waals surface area (Å²) in [6, 6.07) is 15.1. The van der Waals surface area contributed by atoms with Crippen molar-refractivity contribution in [2.75, 3.05) is 13.1 Å². The second-order valence-electron chi connectivity index (χ2n) is 7.35. The van der Waals surface area contributed by atoms with Gasteiger partial charge in [0.15, 0.2) is 0 Å². The quantitative estimate of drug-likeness (QED) is 0.551. The molecule has 0 bridgehead atoms. The summed E-state index contributed by atoms with van der Waals surface area (Å²) in [5, 5.41) is 12.1. The molecule has 4 aromatic rings. The molecule has 3 heterocycles. The predicted molar refractivity (Wildman–Crippen MR) is 112 cm³/mol. The number of carbonyl (C=O) groups is 1. The van der Waals surface area contributed by atoms with E-state index in [4.69, 9.17) is 0 Å². The van der Waals surface area contributed by atoms with E-state index in [0.717, 1.165) is 27.4 Å². The van der Waals surface area contributed by atoms with E-state index in [0.29, 0.717) is 13.1 Å². The van der Waals surface area contributed by atoms with Crippen LogP contribution in [0.3, 0.4) is 0 Å². The number of rotatable bonds is 3. The summed E-state index contributed by atoms with van der Waals surface area (Å²) in [6.45, 7) is 4.51. The average molecular weight is 385 g/mol. The van der Waals surface area contributed by atoms with Gasteiger partial charge in [0.25, 0.3) is 0 Å². The second kappa shape index (κ2) is 6.38. The molecular formula is C23H19N3O3. The van der Waals surface area contributed by atoms with Crippen LogP contribution in [0.25, 0.3) is 27.4 Å². The maximum Gasteiger partial charge on any atom is 0.333 e. The van der Waals surface area contributed by atoms with Gasteiger partial charge in [-0.1, -0.05) is 36.9 Å². The van der Waals surface area contributed by atoms with Gasteiger partial charge in [-0.3, -0.25) is 13.8 Å². The maximum absolute atomic E-state index is 13.0. The van der Waals surface area contributed by atoms with Crippen molar-refractivity contribution in [2.24, 2.45) is 0 Å². The normalized spacial score (nSPS) is 14.3. The topological polar surface area (TPSA) is 66.9 Å². The summed E-state index contributed by atoms with van der Waals surface area (Å²) in [4.78, 5) is 26.3. The summed E-state index contributed by atoms with van der Waals surface area (Å²) in [5.41, 5.74) is 2.37. The molecule has 1 amide bonds. The molecule has 6 nitrogen and oxygen atoms in total. The summed E-state index contributed by atoms with van der Waals surface area (Å²) < 4.78 is 3.30. The van der Waals surface area contributed by atoms with Crippen LogP contribution in [0.5, 0.6) is 5.75 Å². The zero-order valence-corrected chi connectivity index (χ0v) is 15.7. The Bertz CT molecular complexity index is 1340. The number of hydrogen-bond donors (Lipinski definition) is 1. The summed E-state index contributed by atoms with van der Waals surface area (Å²) >= 11 is 0. The number of fused-ring (bicyclic) bond motifs is 2. The van der Waals surface area contributed by atoms with Crippen LogP contribution in [0.2, 0.25) is 0 Å². The number of imidazole rings is 1. The van der Waals surface area contributed by atoms with Gasteiger partial charge in [0, 0.05) is 25.5 Å². The number of phenols is 1. The monoisotopic (exact) mass is 385 g/mol. The standard InChI is InChI=1S/C23H19N3O3/c1-2-22(28)24-12-18(13-24)26-14-17-8-7-16(11-25(17)23(26)29)21-10-19(27)9-15-5-3-4-6-20(15)21/h2-11,14,18,27H,1,12-13H2. The van der Waals surface area contributed by atoms with E-state index in [2.05, 4.69) is 6.58 Å². The molecule has 29 heavy (non-hydrogen) atoms. The van der Waals surface area contributed by atoms with Crippen LogP contribution in [-0.2, 0) is 4.79 Å². The van der Waals surface area contributed by atoms with E-state index in [1.807, 2.05) is 42.6 Å². The van der Waals surface area contributed by atoms with E-state index < -0.39 is 0 Å². The lowest BCUT2D eigenvalue weighted by Gasteiger charge is -2.38. The van der Waals surface area contributed by atoms with Gasteiger partial charge >= 0.3 is 5.69 Å². The first kappa shape index (κ1) is 17.3. The van der Waals surface area contributed by atoms with Crippen molar-refractivity contribution in [3.63, 3.8) is 0 Å². The van der Waals surface area contributed by atoms with E-state index in [1.54, 1.807) is 32.2 Å². The molecule has 1 saturated heterocycles. The highest BCUT2D eigenvalue weighted by Gasteiger charge is 2.32. The van der Waals surface area contributed by atoms with Crippen molar-refractivity contribution in [3.05, 3.63) is 84.1 Å². The Hall–Kier alpha value is -3.80. The van der Waals surface area contributed by atoms with Crippen LogP contribution in [0.4, 0.5) is 0 Å². The Kier molecular flexibility index (Phi) is 3.81. The number of amides is 1. The molecule has 144 valence electrons. The van der Waals surface area contributed by atoms with Crippen LogP contribution in [-0.4, -0.2) is 38.0 Å². The highest BCUT2D eigenvalue weighted by molar-refractivity contribution is 5.97. The molecule has 0 atom stereocenters. The predicted octanol–water partition coefficient (Wildman–Crippen LogP) is 3.20. The molecule has 1 aliphatic rings. The van der Waals surface area contributed by atoms with Crippen molar-refractivity contribution in [1.29, 1.82) is 0 Å². The fourth-order valence-corrected chi connectivity index (χ4v) is 4.00. The smallest absolute Gasteiger partial charge is 0.333 e. The van der Waals surface area contributed by atoms with Crippen molar-refractivity contribution >= 4 is 22.2 Å². The van der Waals surface area contributed by atoms with Gasteiger partial charge in [-0.05, 0) is 46.2 Å². The van der Waals surface area contributed by atoms with Gasteiger partial charge in [0.2, 0.25) is 5.91 Å². The number of hydrogen-bond acceptors (Lipinski definition) is 3. The van der Waals surface area contributed by atoms with E-state index >= 15 is 0 Å². The van der Waals surface area contributed by atoms with Gasteiger partial charge < -0.3 is 10.0 Å². The molecule has 0 unspecified atom stereocenters. The number of phenolic OH excluding ortho intramolecular Hbond substituents is 1. The van der Waals surface area contributed by atoms with Crippen molar-refractivity contribution in [3.8, 4) is 16.9 Å². The van der Waals surface area contributed by atoms with Crippen molar-refractivity contribution in [1.82, 2.24) is 13.9 Å². The molecule has 2 aromatic heterocycles. The number of likely N-dealkylation sites (tertiary alicyclic amines) is 1. The van der Waals surface area contributed by atoms with Crippen LogP contribution < -0.4 is 5.69 Å². The average Bonchev–Trinajstić information content (AvgIpc) is 3.01. The number of nitrogens with zero attached hydrogens (tertiary/aromatic N) is 3. The Morgan fingerprint density at radius 3 is 2.69 bits per heavy atom. The highest BCUT2D eigenvalue weighted by Crippen LogP contribution is 2.32. The van der Waals surface area contributed by atoms with Crippen LogP contribution in [0, 0.1) is 0 Å². The molecule has 6 heteroatoms. The zero-order chi connectivity index (χ0) is 20.1. The minimum atomic E-state index is -0.137. The van der Waals surface area contributed by atoms with Crippen LogP contribution in [0.15, 0.2) is 78.4 Å². The van der Waals surface area contributed by atoms with E-state index in [9.17, 15) is 14.7 Å². The first-order chi connectivity index (χ1) is 14.0. The molecule has 1 fully saturated rings. The third-order valence-electron chi connectivity index (χ3n) is 5.58. The summed E-state index contributed by atoms with van der Waals surface area (Å²) in [6.07, 6.45) is 4.93. The number of aromatic nitrogens is 2. The van der Waals surface area contributed by atoms with Gasteiger partial charge in [-0.2, -0.15) is 0 Å². The number of benzene rings is 2. The number of aromatic hydroxyl groups is 1. The third kappa shape index (κ3) is 2.72. The molecule has 1 N–H and O–H groups in total. The lowest BCUT2D eigenvalue weighted by Crippen LogP contribution is -2.52. The van der Waals surface area contributed by atoms with Crippen LogP contribution >= 0.6 is 0 Å². The minimum absolute atomic E-state index is 0.0312. The van der Waals surface area contributed by atoms with Crippen LogP contribution in [0.1, 0.15) is 6.04 Å². The highest BCUT2D eigenvalue weighted by atomic mass is 16.3. The van der Waals surface area contributed by atoms with E-state index in [1.165, 1.54) is 6.08 Å². The van der Waals surface area contributed by atoms with E-state index in [-0.39, 0.29) is 23.4 Å². The molecule has 5 rings (SSSR count). The largest absolute Gasteiger partial charge is 0.508 e. The molecule has 2 aromatic carbocycles. The third-order valence-corrected chi connectivity index (χ3v) is 5.58. The first-order valence-corrected chi connectivity index (χ1v) is 9.42. The number of carbonyl (C=O) groups excluding carboxylic acids is 1. The van der Waals surface area contributed by atoms with Gasteiger partial charge in [-0.25, -0.2) is 4.79 Å². The Balaban J connectivity index is 1.57. The van der Waals surface area contributed by atoms with Crippen molar-refractivity contribution in [2.45, 2.75) is 6.04 Å².